The molecule has 2 nitrogen and oxygen atoms in total. The van der Waals surface area contributed by atoms with Crippen LogP contribution in [0.2, 0.25) is 0 Å². The highest BCUT2D eigenvalue weighted by Crippen LogP contribution is 2.27. The predicted octanol–water partition coefficient (Wildman–Crippen LogP) is 3.46. The number of aromatic nitrogens is 1. The number of hydrogen-bond acceptors (Lipinski definition) is 4. The van der Waals surface area contributed by atoms with Crippen LogP contribution in [0.5, 0.6) is 0 Å². The Morgan fingerprint density at radius 2 is 2.18 bits per heavy atom. The van der Waals surface area contributed by atoms with Crippen molar-refractivity contribution in [1.29, 1.82) is 0 Å². The van der Waals surface area contributed by atoms with Crippen LogP contribution >= 0.6 is 23.1 Å². The molecule has 4 heteroatoms. The van der Waals surface area contributed by atoms with Gasteiger partial charge in [-0.15, -0.1) is 23.1 Å². The van der Waals surface area contributed by atoms with E-state index in [-0.39, 0.29) is 0 Å². The van der Waals surface area contributed by atoms with Gasteiger partial charge in [0.25, 0.3) is 0 Å². The summed E-state index contributed by atoms with van der Waals surface area (Å²) < 4.78 is 0. The van der Waals surface area contributed by atoms with Gasteiger partial charge in [-0.25, -0.2) is 4.98 Å². The molecule has 1 aromatic carbocycles. The summed E-state index contributed by atoms with van der Waals surface area (Å²) in [4.78, 5) is 7.08. The smallest absolute Gasteiger partial charge is 0.103 e. The van der Waals surface area contributed by atoms with Gasteiger partial charge in [-0.05, 0) is 25.6 Å². The van der Waals surface area contributed by atoms with Gasteiger partial charge < -0.3 is 5.32 Å². The first-order chi connectivity index (χ1) is 8.29. The minimum absolute atomic E-state index is 0.909. The van der Waals surface area contributed by atoms with Crippen molar-refractivity contribution in [2.45, 2.75) is 24.1 Å². The van der Waals surface area contributed by atoms with Crippen molar-refractivity contribution in [2.75, 3.05) is 7.05 Å². The Hall–Kier alpha value is -0.840. The van der Waals surface area contributed by atoms with E-state index in [1.165, 1.54) is 20.3 Å². The summed E-state index contributed by atoms with van der Waals surface area (Å²) in [6, 6.07) is 8.48. The monoisotopic (exact) mass is 264 g/mol. The standard InChI is InChI=1S/C13H16N2S2/c1-10-5-3-4-6-12(10)16-9-13-15-8-11(17-13)7-14-2/h3-6,8,14H,7,9H2,1-2H3. The van der Waals surface area contributed by atoms with E-state index in [0.717, 1.165) is 12.3 Å². The SMILES string of the molecule is CNCc1cnc(CSc2ccccc2C)s1. The molecular formula is C13H16N2S2. The molecule has 1 N–H and O–H groups in total. The number of rotatable bonds is 5. The van der Waals surface area contributed by atoms with Crippen molar-refractivity contribution in [3.8, 4) is 0 Å². The molecule has 2 aromatic rings. The Kier molecular flexibility index (Phi) is 4.59. The molecule has 90 valence electrons. The van der Waals surface area contributed by atoms with Gasteiger partial charge in [0.1, 0.15) is 5.01 Å². The maximum absolute atomic E-state index is 4.44. The average Bonchev–Trinajstić information content (AvgIpc) is 2.76. The van der Waals surface area contributed by atoms with Gasteiger partial charge in [-0.1, -0.05) is 18.2 Å². The van der Waals surface area contributed by atoms with E-state index in [9.17, 15) is 0 Å². The van der Waals surface area contributed by atoms with Crippen LogP contribution in [0.4, 0.5) is 0 Å². The molecule has 1 aromatic heterocycles. The second-order valence-corrected chi connectivity index (χ2v) is 6.02. The summed E-state index contributed by atoms with van der Waals surface area (Å²) in [7, 11) is 1.96. The van der Waals surface area contributed by atoms with E-state index in [1.54, 1.807) is 11.3 Å². The Balaban J connectivity index is 1.95. The van der Waals surface area contributed by atoms with Crippen LogP contribution in [0, 0.1) is 6.92 Å². The van der Waals surface area contributed by atoms with Gasteiger partial charge in [0.05, 0.1) is 5.75 Å². The molecule has 17 heavy (non-hydrogen) atoms. The Morgan fingerprint density at radius 1 is 1.35 bits per heavy atom. The normalized spacial score (nSPS) is 10.7. The lowest BCUT2D eigenvalue weighted by atomic mass is 10.2. The quantitative estimate of drug-likeness (QED) is 0.837. The molecule has 0 spiro atoms. The van der Waals surface area contributed by atoms with Crippen molar-refractivity contribution in [3.63, 3.8) is 0 Å². The van der Waals surface area contributed by atoms with E-state index >= 15 is 0 Å². The van der Waals surface area contributed by atoms with Gasteiger partial charge in [0.15, 0.2) is 0 Å². The molecule has 0 saturated heterocycles. The zero-order valence-electron chi connectivity index (χ0n) is 10.1. The highest BCUT2D eigenvalue weighted by molar-refractivity contribution is 7.98. The van der Waals surface area contributed by atoms with Gasteiger partial charge in [-0.3, -0.25) is 0 Å². The third-order valence-electron chi connectivity index (χ3n) is 2.40. The van der Waals surface area contributed by atoms with Crippen LogP contribution in [-0.4, -0.2) is 12.0 Å². The summed E-state index contributed by atoms with van der Waals surface area (Å²) in [6.45, 7) is 3.06. The molecule has 0 fully saturated rings. The largest absolute Gasteiger partial charge is 0.315 e. The number of thiazole rings is 1. The summed E-state index contributed by atoms with van der Waals surface area (Å²) in [5, 5.41) is 4.34. The lowest BCUT2D eigenvalue weighted by molar-refractivity contribution is 0.829. The van der Waals surface area contributed by atoms with E-state index in [0.29, 0.717) is 0 Å². The average molecular weight is 264 g/mol. The molecule has 0 aliphatic rings. The molecule has 0 unspecified atom stereocenters. The highest BCUT2D eigenvalue weighted by atomic mass is 32.2. The molecule has 0 bridgehead atoms. The lowest BCUT2D eigenvalue weighted by Crippen LogP contribution is -2.02. The minimum atomic E-state index is 0.909. The van der Waals surface area contributed by atoms with Crippen molar-refractivity contribution in [1.82, 2.24) is 10.3 Å². The van der Waals surface area contributed by atoms with Crippen LogP contribution in [0.3, 0.4) is 0 Å². The molecule has 0 aliphatic heterocycles. The Morgan fingerprint density at radius 3 is 2.94 bits per heavy atom. The van der Waals surface area contributed by atoms with E-state index in [2.05, 4.69) is 41.5 Å². The Labute approximate surface area is 110 Å². The third-order valence-corrected chi connectivity index (χ3v) is 4.76. The van der Waals surface area contributed by atoms with E-state index < -0.39 is 0 Å². The fraction of sp³-hybridized carbons (Fsp3) is 0.308. The summed E-state index contributed by atoms with van der Waals surface area (Å²) >= 11 is 3.65. The summed E-state index contributed by atoms with van der Waals surface area (Å²) in [5.74, 6) is 0.958. The zero-order chi connectivity index (χ0) is 12.1. The fourth-order valence-corrected chi connectivity index (χ4v) is 3.50. The molecule has 0 saturated carbocycles. The lowest BCUT2D eigenvalue weighted by Gasteiger charge is -2.02. The predicted molar refractivity (Wildman–Crippen MR) is 75.6 cm³/mol. The minimum Gasteiger partial charge on any atom is -0.315 e. The Bertz CT molecular complexity index is 480. The molecule has 0 atom stereocenters. The van der Waals surface area contributed by atoms with Crippen LogP contribution in [-0.2, 0) is 12.3 Å². The number of nitrogens with one attached hydrogen (secondary N) is 1. The van der Waals surface area contributed by atoms with E-state index in [4.69, 9.17) is 0 Å². The number of nitrogens with zero attached hydrogens (tertiary/aromatic N) is 1. The molecule has 1 heterocycles. The third kappa shape index (κ3) is 3.56. The topological polar surface area (TPSA) is 24.9 Å². The number of benzene rings is 1. The van der Waals surface area contributed by atoms with Crippen LogP contribution < -0.4 is 5.32 Å². The van der Waals surface area contributed by atoms with Gasteiger partial charge >= 0.3 is 0 Å². The van der Waals surface area contributed by atoms with Crippen molar-refractivity contribution >= 4 is 23.1 Å². The van der Waals surface area contributed by atoms with Gasteiger partial charge in [0, 0.05) is 22.5 Å². The first-order valence-corrected chi connectivity index (χ1v) is 7.36. The molecule has 2 rings (SSSR count). The second-order valence-electron chi connectivity index (χ2n) is 3.80. The summed E-state index contributed by atoms with van der Waals surface area (Å²) in [5.41, 5.74) is 1.34. The van der Waals surface area contributed by atoms with Crippen molar-refractivity contribution in [2.24, 2.45) is 0 Å². The first kappa shape index (κ1) is 12.6. The number of thioether (sulfide) groups is 1. The highest BCUT2D eigenvalue weighted by Gasteiger charge is 2.03. The zero-order valence-corrected chi connectivity index (χ0v) is 11.7. The number of aryl methyl sites for hydroxylation is 1. The van der Waals surface area contributed by atoms with Crippen LogP contribution in [0.1, 0.15) is 15.4 Å². The first-order valence-electron chi connectivity index (χ1n) is 5.56. The molecule has 0 aliphatic carbocycles. The molecule has 0 amide bonds. The maximum atomic E-state index is 4.44. The fourth-order valence-electron chi connectivity index (χ4n) is 1.53. The molecular weight excluding hydrogens is 248 g/mol. The number of hydrogen-bond donors (Lipinski definition) is 1. The van der Waals surface area contributed by atoms with Crippen LogP contribution in [0.25, 0.3) is 0 Å². The molecule has 0 radical (unpaired) electrons. The maximum Gasteiger partial charge on any atom is 0.103 e. The second kappa shape index (κ2) is 6.19. The van der Waals surface area contributed by atoms with Gasteiger partial charge in [0.2, 0.25) is 0 Å². The van der Waals surface area contributed by atoms with Gasteiger partial charge in [-0.2, -0.15) is 0 Å². The van der Waals surface area contributed by atoms with Crippen molar-refractivity contribution in [3.05, 3.63) is 45.9 Å². The van der Waals surface area contributed by atoms with E-state index in [1.807, 2.05) is 25.0 Å². The van der Waals surface area contributed by atoms with Crippen LogP contribution in [0.15, 0.2) is 35.4 Å². The van der Waals surface area contributed by atoms with Crippen molar-refractivity contribution < 1.29 is 0 Å². The summed E-state index contributed by atoms with van der Waals surface area (Å²) in [6.07, 6.45) is 1.97.